The Bertz CT molecular complexity index is 647. The lowest BCUT2D eigenvalue weighted by Gasteiger charge is -2.13. The molecule has 1 aromatic heterocycles. The lowest BCUT2D eigenvalue weighted by atomic mass is 10.1. The SMILES string of the molecule is O=C(O)c1c[nH]c2c([NH+]([O-])O)cccc2c1=O. The Hall–Kier alpha value is -2.22. The van der Waals surface area contributed by atoms with E-state index >= 15 is 0 Å². The number of aromatic nitrogens is 1. The van der Waals surface area contributed by atoms with Crippen LogP contribution in [0, 0.1) is 5.21 Å². The third-order valence-electron chi connectivity index (χ3n) is 2.38. The Balaban J connectivity index is 2.86. The van der Waals surface area contributed by atoms with Gasteiger partial charge in [0.2, 0.25) is 5.43 Å². The molecule has 0 saturated heterocycles. The molecule has 0 aliphatic rings. The van der Waals surface area contributed by atoms with E-state index in [-0.39, 0.29) is 16.6 Å². The normalized spacial score (nSPS) is 12.6. The molecule has 88 valence electrons. The summed E-state index contributed by atoms with van der Waals surface area (Å²) in [6.45, 7) is 0. The van der Waals surface area contributed by atoms with Crippen LogP contribution in [0.25, 0.3) is 10.9 Å². The second kappa shape index (κ2) is 3.98. The van der Waals surface area contributed by atoms with Gasteiger partial charge in [-0.3, -0.25) is 4.79 Å². The van der Waals surface area contributed by atoms with Gasteiger partial charge in [0.1, 0.15) is 11.1 Å². The van der Waals surface area contributed by atoms with E-state index in [0.717, 1.165) is 6.20 Å². The zero-order valence-corrected chi connectivity index (χ0v) is 8.43. The molecule has 1 atom stereocenters. The van der Waals surface area contributed by atoms with E-state index in [1.165, 1.54) is 18.2 Å². The molecule has 2 rings (SSSR count). The number of hydrogen-bond donors (Lipinski definition) is 4. The zero-order valence-electron chi connectivity index (χ0n) is 8.43. The summed E-state index contributed by atoms with van der Waals surface area (Å²) in [5, 5.41) is 27.4. The van der Waals surface area contributed by atoms with E-state index in [4.69, 9.17) is 10.3 Å². The Morgan fingerprint density at radius 1 is 1.41 bits per heavy atom. The average molecular weight is 236 g/mol. The maximum atomic E-state index is 11.8. The van der Waals surface area contributed by atoms with Gasteiger partial charge in [0, 0.05) is 12.3 Å². The monoisotopic (exact) mass is 236 g/mol. The van der Waals surface area contributed by atoms with E-state index < -0.39 is 22.2 Å². The number of carboxylic acids is 1. The van der Waals surface area contributed by atoms with Crippen LogP contribution in [0.5, 0.6) is 0 Å². The summed E-state index contributed by atoms with van der Waals surface area (Å²) >= 11 is 0. The minimum atomic E-state index is -1.35. The highest BCUT2D eigenvalue weighted by Crippen LogP contribution is 2.15. The lowest BCUT2D eigenvalue weighted by Crippen LogP contribution is -2.99. The Morgan fingerprint density at radius 2 is 2.12 bits per heavy atom. The van der Waals surface area contributed by atoms with Gasteiger partial charge >= 0.3 is 5.97 Å². The van der Waals surface area contributed by atoms with Crippen molar-refractivity contribution in [1.29, 1.82) is 0 Å². The Morgan fingerprint density at radius 3 is 2.71 bits per heavy atom. The lowest BCUT2D eigenvalue weighted by molar-refractivity contribution is -0.990. The molecule has 0 bridgehead atoms. The number of benzene rings is 1. The van der Waals surface area contributed by atoms with Crippen molar-refractivity contribution in [2.75, 3.05) is 0 Å². The maximum absolute atomic E-state index is 11.8. The largest absolute Gasteiger partial charge is 0.595 e. The number of aromatic carboxylic acids is 1. The van der Waals surface area contributed by atoms with Crippen LogP contribution in [-0.2, 0) is 0 Å². The number of hydrogen-bond acceptors (Lipinski definition) is 4. The fraction of sp³-hybridized carbons (Fsp3) is 0. The minimum Gasteiger partial charge on any atom is -0.595 e. The van der Waals surface area contributed by atoms with E-state index in [1.54, 1.807) is 0 Å². The molecule has 4 N–H and O–H groups in total. The smallest absolute Gasteiger partial charge is 0.341 e. The number of rotatable bonds is 2. The van der Waals surface area contributed by atoms with Gasteiger partial charge in [-0.25, -0.2) is 10.0 Å². The first-order valence-electron chi connectivity index (χ1n) is 4.63. The number of para-hydroxylation sites is 1. The summed E-state index contributed by atoms with van der Waals surface area (Å²) < 4.78 is 0. The maximum Gasteiger partial charge on any atom is 0.341 e. The number of fused-ring (bicyclic) bond motifs is 1. The number of nitrogens with one attached hydrogen (secondary N) is 2. The van der Waals surface area contributed by atoms with Crippen LogP contribution in [0.3, 0.4) is 0 Å². The third kappa shape index (κ3) is 1.78. The van der Waals surface area contributed by atoms with Crippen LogP contribution in [0.4, 0.5) is 5.69 Å². The van der Waals surface area contributed by atoms with Gasteiger partial charge in [-0.15, -0.1) is 0 Å². The van der Waals surface area contributed by atoms with Crippen LogP contribution >= 0.6 is 0 Å². The minimum absolute atomic E-state index is 0.0461. The van der Waals surface area contributed by atoms with Crippen LogP contribution < -0.4 is 10.7 Å². The van der Waals surface area contributed by atoms with Crippen molar-refractivity contribution >= 4 is 22.6 Å². The second-order valence-corrected chi connectivity index (χ2v) is 3.37. The van der Waals surface area contributed by atoms with E-state index in [9.17, 15) is 14.8 Å². The van der Waals surface area contributed by atoms with Crippen LogP contribution in [0.1, 0.15) is 10.4 Å². The standard InChI is InChI=1S/C10H8N2O5/c13-9-5-2-1-3-7(12(16)17)8(5)11-4-6(9)10(14)15/h1-4,12,16H,(H,11,13)(H,14,15). The fourth-order valence-electron chi connectivity index (χ4n) is 1.59. The number of quaternary nitrogens is 1. The van der Waals surface area contributed by atoms with Crippen LogP contribution in [0.2, 0.25) is 0 Å². The highest BCUT2D eigenvalue weighted by Gasteiger charge is 2.15. The molecule has 1 unspecified atom stereocenters. The van der Waals surface area contributed by atoms with E-state index in [0.29, 0.717) is 0 Å². The number of pyridine rings is 1. The summed E-state index contributed by atoms with van der Waals surface area (Å²) in [6.07, 6.45) is 0.999. The molecular formula is C10H8N2O5. The van der Waals surface area contributed by atoms with E-state index in [1.807, 2.05) is 0 Å². The van der Waals surface area contributed by atoms with Gasteiger partial charge in [-0.1, -0.05) is 6.07 Å². The van der Waals surface area contributed by atoms with Crippen molar-refractivity contribution in [3.8, 4) is 0 Å². The predicted octanol–water partition coefficient (Wildman–Crippen LogP) is -0.370. The molecule has 7 nitrogen and oxygen atoms in total. The molecule has 1 heterocycles. The van der Waals surface area contributed by atoms with Crippen molar-refractivity contribution < 1.29 is 20.3 Å². The summed E-state index contributed by atoms with van der Waals surface area (Å²) in [6, 6.07) is 4.11. The third-order valence-corrected chi connectivity index (χ3v) is 2.38. The van der Waals surface area contributed by atoms with Crippen molar-refractivity contribution in [2.24, 2.45) is 0 Å². The highest BCUT2D eigenvalue weighted by molar-refractivity contribution is 5.94. The highest BCUT2D eigenvalue weighted by atomic mass is 16.8. The first kappa shape index (κ1) is 11.3. The summed E-state index contributed by atoms with van der Waals surface area (Å²) in [7, 11) is 0. The number of carbonyl (C=O) groups is 1. The summed E-state index contributed by atoms with van der Waals surface area (Å²) in [5.74, 6) is -1.35. The molecule has 0 aliphatic heterocycles. The number of aromatic amines is 1. The predicted molar refractivity (Wildman–Crippen MR) is 57.3 cm³/mol. The fourth-order valence-corrected chi connectivity index (χ4v) is 1.59. The second-order valence-electron chi connectivity index (χ2n) is 3.37. The zero-order chi connectivity index (χ0) is 12.6. The van der Waals surface area contributed by atoms with E-state index in [2.05, 4.69) is 4.98 Å². The van der Waals surface area contributed by atoms with Gasteiger partial charge in [0.05, 0.1) is 5.39 Å². The molecule has 0 radical (unpaired) electrons. The van der Waals surface area contributed by atoms with Gasteiger partial charge in [0.15, 0.2) is 5.69 Å². The van der Waals surface area contributed by atoms with Gasteiger partial charge in [-0.05, 0) is 6.07 Å². The molecule has 0 amide bonds. The van der Waals surface area contributed by atoms with Crippen molar-refractivity contribution in [3.05, 3.63) is 45.4 Å². The molecule has 0 saturated carbocycles. The first-order valence-corrected chi connectivity index (χ1v) is 4.63. The Labute approximate surface area is 94.1 Å². The van der Waals surface area contributed by atoms with Gasteiger partial charge < -0.3 is 15.3 Å². The summed E-state index contributed by atoms with van der Waals surface area (Å²) in [5.41, 5.74) is -1.07. The molecule has 0 fully saturated rings. The van der Waals surface area contributed by atoms with Crippen molar-refractivity contribution in [1.82, 2.24) is 4.98 Å². The summed E-state index contributed by atoms with van der Waals surface area (Å²) in [4.78, 5) is 25.0. The molecule has 17 heavy (non-hydrogen) atoms. The Kier molecular flexibility index (Phi) is 2.64. The molecule has 0 spiro atoms. The molecule has 7 heteroatoms. The number of carboxylic acid groups (broad SMARTS) is 1. The first-order chi connectivity index (χ1) is 8.02. The van der Waals surface area contributed by atoms with Crippen molar-refractivity contribution in [3.63, 3.8) is 0 Å². The van der Waals surface area contributed by atoms with Crippen LogP contribution in [0.15, 0.2) is 29.2 Å². The average Bonchev–Trinajstić information content (AvgIpc) is 2.28. The molecule has 2 aromatic rings. The number of H-pyrrole nitrogens is 1. The quantitative estimate of drug-likeness (QED) is 0.530. The van der Waals surface area contributed by atoms with Crippen molar-refractivity contribution in [2.45, 2.75) is 0 Å². The molecule has 1 aromatic carbocycles. The van der Waals surface area contributed by atoms with Gasteiger partial charge in [0.25, 0.3) is 0 Å². The molecular weight excluding hydrogens is 228 g/mol. The topological polar surface area (TPSA) is 118 Å². The van der Waals surface area contributed by atoms with Gasteiger partial charge in [-0.2, -0.15) is 5.23 Å². The molecule has 0 aliphatic carbocycles. The van der Waals surface area contributed by atoms with Crippen LogP contribution in [-0.4, -0.2) is 21.3 Å².